The maximum absolute atomic E-state index is 12.4. The standard InChI is InChI=1S/C23H29N3O5S/c1-17(10-11-18-8-4-3-5-9-18)24-22(27)23(28)25-19-12-13-20(21(16-19)31-2)26-14-6-7-15-32(26,29)30/h3-5,8-9,12-13,16-17H,6-7,10-11,14-15H2,1-2H3,(H,24,27)(H,25,28). The Morgan fingerprint density at radius 2 is 1.84 bits per heavy atom. The van der Waals surface area contributed by atoms with Crippen LogP contribution in [0.3, 0.4) is 0 Å². The van der Waals surface area contributed by atoms with Gasteiger partial charge < -0.3 is 15.4 Å². The number of nitrogens with zero attached hydrogens (tertiary/aromatic N) is 1. The average Bonchev–Trinajstić information content (AvgIpc) is 2.78. The number of sulfonamides is 1. The molecule has 2 N–H and O–H groups in total. The van der Waals surface area contributed by atoms with Crippen molar-refractivity contribution in [2.24, 2.45) is 0 Å². The third-order valence-corrected chi connectivity index (χ3v) is 7.20. The minimum Gasteiger partial charge on any atom is -0.494 e. The van der Waals surface area contributed by atoms with Gasteiger partial charge in [-0.1, -0.05) is 30.3 Å². The van der Waals surface area contributed by atoms with Crippen molar-refractivity contribution in [1.29, 1.82) is 0 Å². The lowest BCUT2D eigenvalue weighted by molar-refractivity contribution is -0.136. The minimum atomic E-state index is -3.40. The van der Waals surface area contributed by atoms with E-state index in [0.717, 1.165) is 12.8 Å². The van der Waals surface area contributed by atoms with Crippen LogP contribution >= 0.6 is 0 Å². The first kappa shape index (κ1) is 23.6. The second-order valence-corrected chi connectivity index (χ2v) is 9.85. The molecule has 1 heterocycles. The summed E-state index contributed by atoms with van der Waals surface area (Å²) in [6.07, 6.45) is 2.90. The zero-order chi connectivity index (χ0) is 23.1. The van der Waals surface area contributed by atoms with E-state index in [1.165, 1.54) is 23.0 Å². The zero-order valence-corrected chi connectivity index (χ0v) is 19.2. The van der Waals surface area contributed by atoms with Crippen LogP contribution in [0.15, 0.2) is 48.5 Å². The van der Waals surface area contributed by atoms with Gasteiger partial charge in [0.25, 0.3) is 0 Å². The van der Waals surface area contributed by atoms with Gasteiger partial charge in [-0.05, 0) is 50.3 Å². The van der Waals surface area contributed by atoms with E-state index in [-0.39, 0.29) is 11.8 Å². The molecule has 2 amide bonds. The molecule has 8 nitrogen and oxygen atoms in total. The Labute approximate surface area is 189 Å². The lowest BCUT2D eigenvalue weighted by Gasteiger charge is -2.29. The van der Waals surface area contributed by atoms with Crippen LogP contribution in [0.2, 0.25) is 0 Å². The van der Waals surface area contributed by atoms with Crippen molar-refractivity contribution in [1.82, 2.24) is 5.32 Å². The smallest absolute Gasteiger partial charge is 0.313 e. The van der Waals surface area contributed by atoms with Crippen molar-refractivity contribution in [3.8, 4) is 5.75 Å². The van der Waals surface area contributed by atoms with Crippen LogP contribution < -0.4 is 19.7 Å². The predicted octanol–water partition coefficient (Wildman–Crippen LogP) is 2.70. The Bertz CT molecular complexity index is 1060. The second-order valence-electron chi connectivity index (χ2n) is 7.83. The van der Waals surface area contributed by atoms with Gasteiger partial charge in [-0.15, -0.1) is 0 Å². The first-order chi connectivity index (χ1) is 15.3. The highest BCUT2D eigenvalue weighted by atomic mass is 32.2. The fourth-order valence-electron chi connectivity index (χ4n) is 3.60. The number of anilines is 2. The van der Waals surface area contributed by atoms with Gasteiger partial charge in [-0.2, -0.15) is 0 Å². The van der Waals surface area contributed by atoms with Crippen LogP contribution in [0.25, 0.3) is 0 Å². The zero-order valence-electron chi connectivity index (χ0n) is 18.3. The number of aryl methyl sites for hydroxylation is 1. The van der Waals surface area contributed by atoms with Gasteiger partial charge in [-0.25, -0.2) is 8.42 Å². The Morgan fingerprint density at radius 3 is 2.53 bits per heavy atom. The summed E-state index contributed by atoms with van der Waals surface area (Å²) in [7, 11) is -1.96. The number of amides is 2. The molecule has 1 fully saturated rings. The van der Waals surface area contributed by atoms with E-state index in [9.17, 15) is 18.0 Å². The van der Waals surface area contributed by atoms with Crippen LogP contribution in [0.1, 0.15) is 31.7 Å². The molecule has 32 heavy (non-hydrogen) atoms. The molecule has 2 aromatic rings. The van der Waals surface area contributed by atoms with Crippen LogP contribution in [0.4, 0.5) is 11.4 Å². The number of benzene rings is 2. The van der Waals surface area contributed by atoms with E-state index < -0.39 is 21.8 Å². The maximum atomic E-state index is 12.4. The highest BCUT2D eigenvalue weighted by molar-refractivity contribution is 7.92. The number of methoxy groups -OCH3 is 1. The lowest BCUT2D eigenvalue weighted by atomic mass is 10.1. The average molecular weight is 460 g/mol. The summed E-state index contributed by atoms with van der Waals surface area (Å²) in [6.45, 7) is 2.23. The van der Waals surface area contributed by atoms with Crippen molar-refractivity contribution in [3.05, 3.63) is 54.1 Å². The van der Waals surface area contributed by atoms with E-state index in [0.29, 0.717) is 36.5 Å². The number of rotatable bonds is 7. The molecule has 1 atom stereocenters. The number of hydrogen-bond acceptors (Lipinski definition) is 5. The molecule has 0 bridgehead atoms. The largest absolute Gasteiger partial charge is 0.494 e. The fraction of sp³-hybridized carbons (Fsp3) is 0.391. The highest BCUT2D eigenvalue weighted by Gasteiger charge is 2.28. The van der Waals surface area contributed by atoms with E-state index in [2.05, 4.69) is 10.6 Å². The topological polar surface area (TPSA) is 105 Å². The highest BCUT2D eigenvalue weighted by Crippen LogP contribution is 2.34. The fourth-order valence-corrected chi connectivity index (χ4v) is 5.25. The number of carbonyl (C=O) groups excluding carboxylic acids is 2. The third-order valence-electron chi connectivity index (χ3n) is 5.35. The number of nitrogens with one attached hydrogen (secondary N) is 2. The summed E-state index contributed by atoms with van der Waals surface area (Å²) in [4.78, 5) is 24.6. The van der Waals surface area contributed by atoms with Crippen LogP contribution in [0.5, 0.6) is 5.75 Å². The molecule has 172 valence electrons. The van der Waals surface area contributed by atoms with Crippen LogP contribution in [-0.2, 0) is 26.0 Å². The van der Waals surface area contributed by atoms with Crippen LogP contribution in [-0.4, -0.2) is 45.7 Å². The van der Waals surface area contributed by atoms with Crippen molar-refractivity contribution in [3.63, 3.8) is 0 Å². The Kier molecular flexibility index (Phi) is 7.74. The molecule has 1 aliphatic heterocycles. The van der Waals surface area contributed by atoms with Gasteiger partial charge in [0.15, 0.2) is 0 Å². The SMILES string of the molecule is COc1cc(NC(=O)C(=O)NC(C)CCc2ccccc2)ccc1N1CCCCS1(=O)=O. The summed E-state index contributed by atoms with van der Waals surface area (Å²) in [5, 5.41) is 5.25. The van der Waals surface area contributed by atoms with E-state index in [1.54, 1.807) is 12.1 Å². The van der Waals surface area contributed by atoms with Gasteiger partial charge in [-0.3, -0.25) is 13.9 Å². The molecule has 2 aromatic carbocycles. The van der Waals surface area contributed by atoms with Gasteiger partial charge in [0.2, 0.25) is 10.0 Å². The summed E-state index contributed by atoms with van der Waals surface area (Å²) >= 11 is 0. The van der Waals surface area contributed by atoms with Crippen molar-refractivity contribution < 1.29 is 22.7 Å². The number of ether oxygens (including phenoxy) is 1. The summed E-state index contributed by atoms with van der Waals surface area (Å²) in [6, 6.07) is 14.4. The summed E-state index contributed by atoms with van der Waals surface area (Å²) in [5.41, 5.74) is 1.93. The molecular weight excluding hydrogens is 430 g/mol. The molecular formula is C23H29N3O5S. The Morgan fingerprint density at radius 1 is 1.09 bits per heavy atom. The molecule has 1 aliphatic rings. The monoisotopic (exact) mass is 459 g/mol. The summed E-state index contributed by atoms with van der Waals surface area (Å²) < 4.78 is 31.5. The Balaban J connectivity index is 1.59. The maximum Gasteiger partial charge on any atom is 0.313 e. The predicted molar refractivity (Wildman–Crippen MR) is 124 cm³/mol. The first-order valence-corrected chi connectivity index (χ1v) is 12.3. The second kappa shape index (κ2) is 10.5. The Hall–Kier alpha value is -3.07. The molecule has 0 aromatic heterocycles. The molecule has 9 heteroatoms. The van der Waals surface area contributed by atoms with Gasteiger partial charge >= 0.3 is 11.8 Å². The summed E-state index contributed by atoms with van der Waals surface area (Å²) in [5.74, 6) is -1.12. The lowest BCUT2D eigenvalue weighted by Crippen LogP contribution is -2.40. The molecule has 1 unspecified atom stereocenters. The molecule has 3 rings (SSSR count). The quantitative estimate of drug-likeness (QED) is 0.620. The third kappa shape index (κ3) is 6.00. The van der Waals surface area contributed by atoms with E-state index in [1.807, 2.05) is 37.3 Å². The van der Waals surface area contributed by atoms with Gasteiger partial charge in [0, 0.05) is 24.3 Å². The van der Waals surface area contributed by atoms with Gasteiger partial charge in [0.05, 0.1) is 18.6 Å². The van der Waals surface area contributed by atoms with Crippen LogP contribution in [0, 0.1) is 0 Å². The molecule has 0 radical (unpaired) electrons. The molecule has 0 aliphatic carbocycles. The van der Waals surface area contributed by atoms with Crippen molar-refractivity contribution >= 4 is 33.2 Å². The van der Waals surface area contributed by atoms with Crippen molar-refractivity contribution in [2.75, 3.05) is 29.0 Å². The first-order valence-electron chi connectivity index (χ1n) is 10.6. The van der Waals surface area contributed by atoms with Gasteiger partial charge in [0.1, 0.15) is 5.75 Å². The van der Waals surface area contributed by atoms with E-state index >= 15 is 0 Å². The molecule has 0 spiro atoms. The van der Waals surface area contributed by atoms with Crippen molar-refractivity contribution in [2.45, 2.75) is 38.6 Å². The molecule has 1 saturated heterocycles. The normalized spacial score (nSPS) is 16.1. The minimum absolute atomic E-state index is 0.0945. The molecule has 0 saturated carbocycles. The van der Waals surface area contributed by atoms with E-state index in [4.69, 9.17) is 4.74 Å². The number of hydrogen-bond donors (Lipinski definition) is 2. The number of carbonyl (C=O) groups is 2.